The van der Waals surface area contributed by atoms with Crippen LogP contribution in [-0.2, 0) is 43.1 Å². The number of carbonyl (C=O) groups is 4. The molecule has 44 heavy (non-hydrogen) atoms. The fourth-order valence-electron chi connectivity index (χ4n) is 4.33. The minimum absolute atomic E-state index is 0.0384. The first-order chi connectivity index (χ1) is 20.8. The van der Waals surface area contributed by atoms with Crippen LogP contribution in [0.15, 0.2) is 78.9 Å². The summed E-state index contributed by atoms with van der Waals surface area (Å²) in [5.74, 6) is -1.89. The van der Waals surface area contributed by atoms with Crippen molar-refractivity contribution in [2.45, 2.75) is 63.8 Å². The highest BCUT2D eigenvalue weighted by Gasteiger charge is 2.31. The number of benzene rings is 3. The summed E-state index contributed by atoms with van der Waals surface area (Å²) in [4.78, 5) is 52.7. The third kappa shape index (κ3) is 11.0. The van der Waals surface area contributed by atoms with Crippen molar-refractivity contribution in [3.8, 4) is 11.5 Å². The second-order valence-corrected chi connectivity index (χ2v) is 11.3. The van der Waals surface area contributed by atoms with Gasteiger partial charge < -0.3 is 35.6 Å². The molecule has 11 nitrogen and oxygen atoms in total. The van der Waals surface area contributed by atoms with E-state index < -0.39 is 47.6 Å². The number of carbonyl (C=O) groups excluding carboxylic acids is 4. The minimum atomic E-state index is -1.14. The number of amides is 3. The lowest BCUT2D eigenvalue weighted by Crippen LogP contribution is -2.57. The Morgan fingerprint density at radius 3 is 1.50 bits per heavy atom. The normalized spacial score (nSPS) is 13.1. The maximum Gasteiger partial charge on any atom is 0.408 e. The van der Waals surface area contributed by atoms with E-state index >= 15 is 0 Å². The second-order valence-electron chi connectivity index (χ2n) is 11.3. The van der Waals surface area contributed by atoms with Crippen molar-refractivity contribution in [1.82, 2.24) is 16.0 Å². The van der Waals surface area contributed by atoms with Crippen LogP contribution in [0.1, 0.15) is 37.5 Å². The second kappa shape index (κ2) is 15.4. The van der Waals surface area contributed by atoms with E-state index in [0.717, 1.165) is 5.56 Å². The Hall–Kier alpha value is -5.06. The zero-order valence-corrected chi connectivity index (χ0v) is 25.2. The molecule has 3 aromatic carbocycles. The maximum atomic E-state index is 13.7. The number of ether oxygens (including phenoxy) is 2. The minimum Gasteiger partial charge on any atom is -0.508 e. The van der Waals surface area contributed by atoms with Crippen LogP contribution >= 0.6 is 0 Å². The number of aromatic hydroxyl groups is 2. The molecule has 3 aromatic rings. The van der Waals surface area contributed by atoms with Gasteiger partial charge in [0.05, 0.1) is 7.11 Å². The lowest BCUT2D eigenvalue weighted by molar-refractivity contribution is -0.145. The van der Waals surface area contributed by atoms with Gasteiger partial charge in [-0.2, -0.15) is 0 Å². The molecule has 0 saturated carbocycles. The van der Waals surface area contributed by atoms with E-state index in [9.17, 15) is 29.4 Å². The average molecular weight is 606 g/mol. The van der Waals surface area contributed by atoms with Gasteiger partial charge in [-0.15, -0.1) is 0 Å². The Morgan fingerprint density at radius 2 is 1.05 bits per heavy atom. The standard InChI is InChI=1S/C33H39N3O8/c1-33(2,3)44-32(42)36-27(19-22-10-14-24(37)15-11-22)30(40)34-26(18-21-8-6-5-7-9-21)29(39)35-28(31(41)43-4)20-23-12-16-25(38)17-13-23/h5-17,26-28,37-38H,18-20H2,1-4H3,(H,34,40)(H,35,39)(H,36,42)/t26-,27-,28-/m0/s1. The van der Waals surface area contributed by atoms with Gasteiger partial charge in [0.2, 0.25) is 11.8 Å². The molecule has 11 heteroatoms. The molecule has 3 atom stereocenters. The zero-order valence-electron chi connectivity index (χ0n) is 25.2. The number of nitrogens with one attached hydrogen (secondary N) is 3. The molecule has 0 heterocycles. The van der Waals surface area contributed by atoms with Gasteiger partial charge in [-0.1, -0.05) is 54.6 Å². The Morgan fingerprint density at radius 1 is 0.636 bits per heavy atom. The first-order valence-corrected chi connectivity index (χ1v) is 14.1. The van der Waals surface area contributed by atoms with Gasteiger partial charge in [0.25, 0.3) is 0 Å². The van der Waals surface area contributed by atoms with E-state index in [0.29, 0.717) is 11.1 Å². The molecule has 0 aliphatic carbocycles. The van der Waals surface area contributed by atoms with Crippen LogP contribution in [-0.4, -0.2) is 64.9 Å². The van der Waals surface area contributed by atoms with Crippen molar-refractivity contribution in [2.75, 3.05) is 7.11 Å². The largest absolute Gasteiger partial charge is 0.508 e. The topological polar surface area (TPSA) is 163 Å². The van der Waals surface area contributed by atoms with Crippen molar-refractivity contribution in [2.24, 2.45) is 0 Å². The third-order valence-corrected chi connectivity index (χ3v) is 6.48. The van der Waals surface area contributed by atoms with Gasteiger partial charge in [-0.05, 0) is 61.7 Å². The molecule has 0 aliphatic rings. The fourth-order valence-corrected chi connectivity index (χ4v) is 4.33. The number of phenolic OH excluding ortho intramolecular Hbond substituents is 2. The van der Waals surface area contributed by atoms with Crippen molar-refractivity contribution >= 4 is 23.9 Å². The van der Waals surface area contributed by atoms with Crippen LogP contribution in [0.25, 0.3) is 0 Å². The Balaban J connectivity index is 1.86. The summed E-state index contributed by atoms with van der Waals surface area (Å²) in [5, 5.41) is 27.3. The van der Waals surface area contributed by atoms with Crippen molar-refractivity contribution in [1.29, 1.82) is 0 Å². The molecule has 0 aliphatic heterocycles. The SMILES string of the molecule is COC(=O)[C@H](Cc1ccc(O)cc1)NC(=O)[C@H](Cc1ccccc1)NC(=O)[C@H](Cc1ccc(O)cc1)NC(=O)OC(C)(C)C. The first-order valence-electron chi connectivity index (χ1n) is 14.1. The summed E-state index contributed by atoms with van der Waals surface area (Å²) in [6, 6.07) is 18.0. The molecular weight excluding hydrogens is 566 g/mol. The number of rotatable bonds is 12. The number of hydrogen-bond donors (Lipinski definition) is 5. The van der Waals surface area contributed by atoms with E-state index in [2.05, 4.69) is 16.0 Å². The summed E-state index contributed by atoms with van der Waals surface area (Å²) < 4.78 is 10.3. The molecule has 0 fully saturated rings. The highest BCUT2D eigenvalue weighted by Crippen LogP contribution is 2.15. The summed E-state index contributed by atoms with van der Waals surface area (Å²) in [6.45, 7) is 5.08. The zero-order chi connectivity index (χ0) is 32.3. The fraction of sp³-hybridized carbons (Fsp3) is 0.333. The highest BCUT2D eigenvalue weighted by molar-refractivity contribution is 5.93. The van der Waals surface area contributed by atoms with Gasteiger partial charge in [0.1, 0.15) is 35.2 Å². The predicted molar refractivity (Wildman–Crippen MR) is 163 cm³/mol. The molecule has 0 aromatic heterocycles. The number of phenols is 2. The number of alkyl carbamates (subject to hydrolysis) is 1. The highest BCUT2D eigenvalue weighted by atomic mass is 16.6. The van der Waals surface area contributed by atoms with E-state index in [1.54, 1.807) is 69.3 Å². The number of esters is 1. The van der Waals surface area contributed by atoms with Crippen LogP contribution in [0.3, 0.4) is 0 Å². The maximum absolute atomic E-state index is 13.7. The summed E-state index contributed by atoms with van der Waals surface area (Å²) in [5.41, 5.74) is 1.23. The summed E-state index contributed by atoms with van der Waals surface area (Å²) in [7, 11) is 1.21. The summed E-state index contributed by atoms with van der Waals surface area (Å²) >= 11 is 0. The van der Waals surface area contributed by atoms with Gasteiger partial charge >= 0.3 is 12.1 Å². The van der Waals surface area contributed by atoms with E-state index in [1.165, 1.54) is 31.4 Å². The van der Waals surface area contributed by atoms with Crippen LogP contribution in [0.2, 0.25) is 0 Å². The molecule has 0 radical (unpaired) electrons. The van der Waals surface area contributed by atoms with E-state index in [4.69, 9.17) is 9.47 Å². The van der Waals surface area contributed by atoms with Gasteiger partial charge in [-0.3, -0.25) is 9.59 Å². The van der Waals surface area contributed by atoms with E-state index in [-0.39, 0.29) is 30.8 Å². The third-order valence-electron chi connectivity index (χ3n) is 6.48. The van der Waals surface area contributed by atoms with Crippen LogP contribution in [0, 0.1) is 0 Å². The molecule has 0 unspecified atom stereocenters. The first kappa shape index (κ1) is 33.4. The Labute approximate surface area is 256 Å². The molecule has 234 valence electrons. The van der Waals surface area contributed by atoms with E-state index in [1.807, 2.05) is 6.07 Å². The average Bonchev–Trinajstić information content (AvgIpc) is 2.97. The Bertz CT molecular complexity index is 1400. The van der Waals surface area contributed by atoms with Crippen molar-refractivity contribution < 1.29 is 38.9 Å². The number of hydrogen-bond acceptors (Lipinski definition) is 8. The monoisotopic (exact) mass is 605 g/mol. The lowest BCUT2D eigenvalue weighted by atomic mass is 10.0. The van der Waals surface area contributed by atoms with Gasteiger partial charge in [0, 0.05) is 19.3 Å². The van der Waals surface area contributed by atoms with Crippen molar-refractivity contribution in [3.05, 3.63) is 95.6 Å². The molecular formula is C33H39N3O8. The molecule has 5 N–H and O–H groups in total. The predicted octanol–water partition coefficient (Wildman–Crippen LogP) is 3.16. The molecule has 0 saturated heterocycles. The van der Waals surface area contributed by atoms with Gasteiger partial charge in [-0.25, -0.2) is 9.59 Å². The molecule has 0 spiro atoms. The van der Waals surface area contributed by atoms with Crippen molar-refractivity contribution in [3.63, 3.8) is 0 Å². The van der Waals surface area contributed by atoms with Gasteiger partial charge in [0.15, 0.2) is 0 Å². The Kier molecular flexibility index (Phi) is 11.7. The quantitative estimate of drug-likeness (QED) is 0.197. The molecule has 3 rings (SSSR count). The van der Waals surface area contributed by atoms with Crippen LogP contribution in [0.4, 0.5) is 4.79 Å². The number of methoxy groups -OCH3 is 1. The lowest BCUT2D eigenvalue weighted by Gasteiger charge is -2.26. The summed E-state index contributed by atoms with van der Waals surface area (Å²) in [6.07, 6.45) is -0.616. The molecule has 3 amide bonds. The molecule has 0 bridgehead atoms. The smallest absolute Gasteiger partial charge is 0.408 e. The van der Waals surface area contributed by atoms with Crippen LogP contribution in [0.5, 0.6) is 11.5 Å². The van der Waals surface area contributed by atoms with Crippen LogP contribution < -0.4 is 16.0 Å².